The van der Waals surface area contributed by atoms with Crippen LogP contribution in [0.1, 0.15) is 23.6 Å². The van der Waals surface area contributed by atoms with Crippen molar-refractivity contribution in [2.75, 3.05) is 13.2 Å². The van der Waals surface area contributed by atoms with Gasteiger partial charge in [0, 0.05) is 16.8 Å². The van der Waals surface area contributed by atoms with Crippen molar-refractivity contribution in [2.45, 2.75) is 13.5 Å². The van der Waals surface area contributed by atoms with Crippen LogP contribution in [0.4, 0.5) is 0 Å². The van der Waals surface area contributed by atoms with Crippen molar-refractivity contribution in [3.05, 3.63) is 102 Å². The zero-order chi connectivity index (χ0) is 23.7. The van der Waals surface area contributed by atoms with Gasteiger partial charge in [0.05, 0.1) is 30.7 Å². The van der Waals surface area contributed by atoms with Crippen molar-refractivity contribution in [1.29, 1.82) is 0 Å². The molecular formula is C28H26N4O2. The summed E-state index contributed by atoms with van der Waals surface area (Å²) in [6, 6.07) is 22.8. The van der Waals surface area contributed by atoms with Gasteiger partial charge in [-0.2, -0.15) is 4.98 Å². The zero-order valence-corrected chi connectivity index (χ0v) is 19.1. The van der Waals surface area contributed by atoms with Gasteiger partial charge < -0.3 is 15.2 Å². The molecule has 4 aromatic rings. The van der Waals surface area contributed by atoms with E-state index in [-0.39, 0.29) is 5.76 Å². The molecule has 1 aliphatic rings. The van der Waals surface area contributed by atoms with Crippen LogP contribution in [0.5, 0.6) is 6.01 Å². The van der Waals surface area contributed by atoms with E-state index in [9.17, 15) is 5.11 Å². The van der Waals surface area contributed by atoms with Gasteiger partial charge in [-0.15, -0.1) is 0 Å². The first-order valence-electron chi connectivity index (χ1n) is 11.2. The van der Waals surface area contributed by atoms with Gasteiger partial charge in [-0.25, -0.2) is 0 Å². The number of imidazole rings is 1. The van der Waals surface area contributed by atoms with Crippen molar-refractivity contribution in [3.8, 4) is 17.1 Å². The molecule has 2 N–H and O–H groups in total. The maximum absolute atomic E-state index is 10.1. The van der Waals surface area contributed by atoms with Gasteiger partial charge >= 0.3 is 0 Å². The summed E-state index contributed by atoms with van der Waals surface area (Å²) in [5.74, 6) is 0.862. The number of ether oxygens (including phenoxy) is 1. The Bertz CT molecular complexity index is 1430. The molecule has 170 valence electrons. The lowest BCUT2D eigenvalue weighted by atomic mass is 9.98. The van der Waals surface area contributed by atoms with E-state index in [4.69, 9.17) is 4.74 Å². The highest BCUT2D eigenvalue weighted by Gasteiger charge is 2.18. The molecule has 0 amide bonds. The summed E-state index contributed by atoms with van der Waals surface area (Å²) in [6.07, 6.45) is 0. The molecule has 0 aliphatic carbocycles. The number of benzene rings is 3. The van der Waals surface area contributed by atoms with Gasteiger partial charge in [-0.1, -0.05) is 67.8 Å². The summed E-state index contributed by atoms with van der Waals surface area (Å²) in [5, 5.41) is 13.4. The van der Waals surface area contributed by atoms with Crippen LogP contribution in [0.25, 0.3) is 27.9 Å². The highest BCUT2D eigenvalue weighted by atomic mass is 16.5. The Morgan fingerprint density at radius 3 is 2.50 bits per heavy atom. The Morgan fingerprint density at radius 2 is 1.82 bits per heavy atom. The summed E-state index contributed by atoms with van der Waals surface area (Å²) < 4.78 is 7.80. The summed E-state index contributed by atoms with van der Waals surface area (Å²) in [5.41, 5.74) is 7.47. The number of amidine groups is 1. The standard InChI is InChI=1S/C28H26N4O2/c1-4-34-28-31-25-11-7-10-22(19(3)33)26(25)32(28)17-20-12-14-21(15-13-20)23-8-5-6-9-24(23)27-29-16-18(2)30-27/h5-15,33H,2-4,16-17H2,1H3,(H,29,30). The Labute approximate surface area is 198 Å². The Morgan fingerprint density at radius 1 is 1.06 bits per heavy atom. The van der Waals surface area contributed by atoms with Gasteiger partial charge in [0.15, 0.2) is 0 Å². The molecule has 0 bridgehead atoms. The molecule has 34 heavy (non-hydrogen) atoms. The Balaban J connectivity index is 1.50. The first kappa shape index (κ1) is 21.5. The van der Waals surface area contributed by atoms with Gasteiger partial charge in [0.25, 0.3) is 6.01 Å². The van der Waals surface area contributed by atoms with E-state index in [1.54, 1.807) is 0 Å². The first-order valence-corrected chi connectivity index (χ1v) is 11.2. The third-order valence-electron chi connectivity index (χ3n) is 5.83. The van der Waals surface area contributed by atoms with Crippen molar-refractivity contribution in [1.82, 2.24) is 14.9 Å². The lowest BCUT2D eigenvalue weighted by molar-refractivity contribution is 0.301. The second-order valence-corrected chi connectivity index (χ2v) is 8.17. The summed E-state index contributed by atoms with van der Waals surface area (Å²) in [4.78, 5) is 9.20. The molecule has 1 aliphatic heterocycles. The van der Waals surface area contributed by atoms with Crippen LogP contribution in [-0.2, 0) is 6.54 Å². The number of aliphatic hydroxyl groups is 1. The number of nitrogens with one attached hydrogen (secondary N) is 1. The van der Waals surface area contributed by atoms with Gasteiger partial charge in [0.2, 0.25) is 0 Å². The summed E-state index contributed by atoms with van der Waals surface area (Å²) in [6.45, 7) is 11.3. The van der Waals surface area contributed by atoms with Crippen LogP contribution >= 0.6 is 0 Å². The molecule has 3 aromatic carbocycles. The van der Waals surface area contributed by atoms with Crippen molar-refractivity contribution in [2.24, 2.45) is 4.99 Å². The van der Waals surface area contributed by atoms with E-state index in [0.29, 0.717) is 31.3 Å². The molecule has 0 atom stereocenters. The minimum Gasteiger partial charge on any atom is -0.508 e. The number of fused-ring (bicyclic) bond motifs is 1. The molecule has 0 radical (unpaired) electrons. The minimum atomic E-state index is 0.00729. The number of rotatable bonds is 7. The fourth-order valence-electron chi connectivity index (χ4n) is 4.27. The molecule has 6 heteroatoms. The third kappa shape index (κ3) is 3.94. The molecule has 5 rings (SSSR count). The topological polar surface area (TPSA) is 71.7 Å². The number of hydrogen-bond donors (Lipinski definition) is 2. The molecule has 0 saturated carbocycles. The highest BCUT2D eigenvalue weighted by molar-refractivity contribution is 6.06. The van der Waals surface area contributed by atoms with E-state index < -0.39 is 0 Å². The predicted molar refractivity (Wildman–Crippen MR) is 137 cm³/mol. The average Bonchev–Trinajstić information content (AvgIpc) is 3.43. The third-order valence-corrected chi connectivity index (χ3v) is 5.83. The van der Waals surface area contributed by atoms with Crippen LogP contribution in [0.3, 0.4) is 0 Å². The number of para-hydroxylation sites is 1. The summed E-state index contributed by atoms with van der Waals surface area (Å²) in [7, 11) is 0. The van der Waals surface area contributed by atoms with E-state index >= 15 is 0 Å². The Hall–Kier alpha value is -4.32. The largest absolute Gasteiger partial charge is 0.508 e. The fraction of sp³-hybridized carbons (Fsp3) is 0.143. The predicted octanol–water partition coefficient (Wildman–Crippen LogP) is 5.54. The number of aliphatic hydroxyl groups excluding tert-OH is 1. The summed E-state index contributed by atoms with van der Waals surface area (Å²) >= 11 is 0. The smallest absolute Gasteiger partial charge is 0.297 e. The van der Waals surface area contributed by atoms with Crippen LogP contribution in [0.2, 0.25) is 0 Å². The van der Waals surface area contributed by atoms with Crippen LogP contribution in [0, 0.1) is 0 Å². The number of aliphatic imine (C=N–C) groups is 1. The van der Waals surface area contributed by atoms with Gasteiger partial charge in [0.1, 0.15) is 11.6 Å². The van der Waals surface area contributed by atoms with E-state index in [2.05, 4.69) is 64.8 Å². The number of nitrogens with zero attached hydrogens (tertiary/aromatic N) is 3. The minimum absolute atomic E-state index is 0.00729. The quantitative estimate of drug-likeness (QED) is 0.363. The van der Waals surface area contributed by atoms with E-state index in [0.717, 1.165) is 44.8 Å². The second kappa shape index (κ2) is 8.90. The van der Waals surface area contributed by atoms with Crippen LogP contribution < -0.4 is 10.1 Å². The van der Waals surface area contributed by atoms with E-state index in [1.807, 2.05) is 41.8 Å². The molecular weight excluding hydrogens is 424 g/mol. The van der Waals surface area contributed by atoms with Crippen molar-refractivity contribution in [3.63, 3.8) is 0 Å². The molecule has 2 heterocycles. The zero-order valence-electron chi connectivity index (χ0n) is 19.1. The second-order valence-electron chi connectivity index (χ2n) is 8.17. The molecule has 0 fully saturated rings. The van der Waals surface area contributed by atoms with Crippen LogP contribution in [-0.4, -0.2) is 33.6 Å². The lowest BCUT2D eigenvalue weighted by Crippen LogP contribution is -2.18. The molecule has 0 unspecified atom stereocenters. The van der Waals surface area contributed by atoms with E-state index in [1.165, 1.54) is 0 Å². The normalized spacial score (nSPS) is 13.1. The molecule has 1 aromatic heterocycles. The van der Waals surface area contributed by atoms with Gasteiger partial charge in [-0.3, -0.25) is 9.56 Å². The lowest BCUT2D eigenvalue weighted by Gasteiger charge is -2.13. The Kier molecular flexibility index (Phi) is 5.64. The highest BCUT2D eigenvalue weighted by Crippen LogP contribution is 2.30. The number of hydrogen-bond acceptors (Lipinski definition) is 5. The first-order chi connectivity index (χ1) is 16.5. The monoisotopic (exact) mass is 450 g/mol. The SMILES string of the molecule is C=C1CN=C(c2ccccc2-c2ccc(Cn3c(OCC)nc4cccc(C(=C)O)c43)cc2)N1. The van der Waals surface area contributed by atoms with Gasteiger partial charge in [-0.05, 0) is 35.7 Å². The maximum atomic E-state index is 10.1. The number of aromatic nitrogens is 2. The molecule has 0 spiro atoms. The van der Waals surface area contributed by atoms with Crippen molar-refractivity contribution < 1.29 is 9.84 Å². The van der Waals surface area contributed by atoms with Crippen LogP contribution in [0.15, 0.2) is 90.6 Å². The molecule has 6 nitrogen and oxygen atoms in total. The molecule has 0 saturated heterocycles. The fourth-order valence-corrected chi connectivity index (χ4v) is 4.27. The average molecular weight is 451 g/mol. The van der Waals surface area contributed by atoms with Crippen molar-refractivity contribution >= 4 is 22.6 Å². The maximum Gasteiger partial charge on any atom is 0.297 e.